The van der Waals surface area contributed by atoms with Gasteiger partial charge in [-0.05, 0) is 62.2 Å². The van der Waals surface area contributed by atoms with Gasteiger partial charge in [0.05, 0.1) is 30.8 Å². The molecule has 0 unspecified atom stereocenters. The second-order valence-corrected chi connectivity index (χ2v) is 8.31. The quantitative estimate of drug-likeness (QED) is 0.320. The van der Waals surface area contributed by atoms with E-state index in [4.69, 9.17) is 9.47 Å². The Bertz CT molecular complexity index is 1220. The number of nitrogens with zero attached hydrogens (tertiary/aromatic N) is 3. The van der Waals surface area contributed by atoms with Gasteiger partial charge in [0, 0.05) is 34.8 Å². The van der Waals surface area contributed by atoms with E-state index in [-0.39, 0.29) is 18.0 Å². The number of amides is 1. The van der Waals surface area contributed by atoms with Gasteiger partial charge in [0.15, 0.2) is 5.79 Å². The molecule has 0 atom stereocenters. The predicted molar refractivity (Wildman–Crippen MR) is 128 cm³/mol. The lowest BCUT2D eigenvalue weighted by molar-refractivity contribution is -0.384. The third-order valence-electron chi connectivity index (χ3n) is 5.78. The normalized spacial score (nSPS) is 15.0. The Morgan fingerprint density at radius 3 is 2.29 bits per heavy atom. The molecule has 1 aliphatic heterocycles. The third kappa shape index (κ3) is 5.05. The summed E-state index contributed by atoms with van der Waals surface area (Å²) in [5.41, 5.74) is 8.34. The fraction of sp³-hybridized carbons (Fsp3) is 0.280. The fourth-order valence-electron chi connectivity index (χ4n) is 4.06. The zero-order valence-corrected chi connectivity index (χ0v) is 19.3. The molecule has 2 heterocycles. The van der Waals surface area contributed by atoms with E-state index < -0.39 is 10.7 Å². The van der Waals surface area contributed by atoms with Crippen molar-refractivity contribution in [3.05, 3.63) is 81.7 Å². The molecule has 0 bridgehead atoms. The number of ether oxygens (including phenoxy) is 2. The van der Waals surface area contributed by atoms with Crippen LogP contribution >= 0.6 is 0 Å². The lowest BCUT2D eigenvalue weighted by Gasteiger charge is -2.20. The Balaban J connectivity index is 1.46. The first-order valence-corrected chi connectivity index (χ1v) is 10.9. The maximum atomic E-state index is 12.2. The van der Waals surface area contributed by atoms with Gasteiger partial charge < -0.3 is 14.0 Å². The number of nitro groups is 1. The summed E-state index contributed by atoms with van der Waals surface area (Å²) < 4.78 is 13.0. The summed E-state index contributed by atoms with van der Waals surface area (Å²) in [5.74, 6) is -1.17. The van der Waals surface area contributed by atoms with E-state index in [0.717, 1.165) is 33.8 Å². The highest BCUT2D eigenvalue weighted by molar-refractivity contribution is 5.84. The number of carbonyl (C=O) groups is 1. The Kier molecular flexibility index (Phi) is 6.58. The van der Waals surface area contributed by atoms with Crippen LogP contribution in [-0.4, -0.2) is 40.6 Å². The van der Waals surface area contributed by atoms with Gasteiger partial charge in [-0.15, -0.1) is 0 Å². The molecule has 9 heteroatoms. The Hall–Kier alpha value is -3.82. The molecule has 1 aliphatic rings. The maximum Gasteiger partial charge on any atom is 0.269 e. The lowest BCUT2D eigenvalue weighted by atomic mass is 10.0. The molecule has 4 rings (SSSR count). The molecule has 0 radical (unpaired) electrons. The van der Waals surface area contributed by atoms with Crippen molar-refractivity contribution in [1.82, 2.24) is 9.99 Å². The molecule has 9 nitrogen and oxygen atoms in total. The van der Waals surface area contributed by atoms with Crippen LogP contribution in [0.15, 0.2) is 59.7 Å². The minimum atomic E-state index is -0.893. The van der Waals surface area contributed by atoms with Crippen molar-refractivity contribution < 1.29 is 19.2 Å². The van der Waals surface area contributed by atoms with Crippen molar-refractivity contribution in [2.45, 2.75) is 33.0 Å². The van der Waals surface area contributed by atoms with Gasteiger partial charge in [0.1, 0.15) is 0 Å². The summed E-state index contributed by atoms with van der Waals surface area (Å²) in [6.45, 7) is 6.69. The van der Waals surface area contributed by atoms with Crippen LogP contribution < -0.4 is 5.43 Å². The van der Waals surface area contributed by atoms with E-state index in [9.17, 15) is 14.9 Å². The number of hydrogen-bond acceptors (Lipinski definition) is 6. The van der Waals surface area contributed by atoms with Crippen molar-refractivity contribution in [3.8, 4) is 16.8 Å². The monoisotopic (exact) mass is 462 g/mol. The van der Waals surface area contributed by atoms with Crippen LogP contribution in [0.25, 0.3) is 16.8 Å². The highest BCUT2D eigenvalue weighted by Crippen LogP contribution is 2.26. The second-order valence-electron chi connectivity index (χ2n) is 8.31. The Morgan fingerprint density at radius 1 is 1.12 bits per heavy atom. The summed E-state index contributed by atoms with van der Waals surface area (Å²) in [6, 6.07) is 16.5. The summed E-state index contributed by atoms with van der Waals surface area (Å²) in [7, 11) is 0. The molecule has 2 aromatic carbocycles. The first-order chi connectivity index (χ1) is 16.3. The van der Waals surface area contributed by atoms with Crippen molar-refractivity contribution in [3.63, 3.8) is 0 Å². The van der Waals surface area contributed by atoms with Gasteiger partial charge in [-0.25, -0.2) is 5.43 Å². The molecule has 1 N–H and O–H groups in total. The van der Waals surface area contributed by atoms with Crippen LogP contribution in [0.5, 0.6) is 0 Å². The molecule has 176 valence electrons. The number of nitro benzene ring substituents is 1. The number of aromatic nitrogens is 1. The molecule has 1 amide bonds. The van der Waals surface area contributed by atoms with Crippen molar-refractivity contribution in [2.24, 2.45) is 5.10 Å². The molecular formula is C25H26N4O5. The zero-order chi connectivity index (χ0) is 24.3. The van der Waals surface area contributed by atoms with Crippen molar-refractivity contribution in [1.29, 1.82) is 0 Å². The second kappa shape index (κ2) is 9.58. The first-order valence-electron chi connectivity index (χ1n) is 10.9. The third-order valence-corrected chi connectivity index (χ3v) is 5.78. The van der Waals surface area contributed by atoms with Crippen LogP contribution in [0.1, 0.15) is 30.3 Å². The van der Waals surface area contributed by atoms with Gasteiger partial charge in [-0.3, -0.25) is 14.9 Å². The van der Waals surface area contributed by atoms with E-state index in [1.165, 1.54) is 12.1 Å². The molecule has 34 heavy (non-hydrogen) atoms. The Morgan fingerprint density at radius 2 is 1.71 bits per heavy atom. The van der Waals surface area contributed by atoms with Gasteiger partial charge in [0.25, 0.3) is 5.69 Å². The number of nitrogens with one attached hydrogen (secondary N) is 1. The van der Waals surface area contributed by atoms with Crippen molar-refractivity contribution in [2.75, 3.05) is 13.2 Å². The van der Waals surface area contributed by atoms with Crippen molar-refractivity contribution >= 4 is 17.8 Å². The highest BCUT2D eigenvalue weighted by Gasteiger charge is 2.33. The average molecular weight is 463 g/mol. The molecule has 3 aromatic rings. The highest BCUT2D eigenvalue weighted by atomic mass is 16.7. The minimum Gasteiger partial charge on any atom is -0.347 e. The predicted octanol–water partition coefficient (Wildman–Crippen LogP) is 4.27. The van der Waals surface area contributed by atoms with Crippen LogP contribution in [0.3, 0.4) is 0 Å². The number of hydrazone groups is 1. The van der Waals surface area contributed by atoms with Crippen LogP contribution in [0.2, 0.25) is 0 Å². The summed E-state index contributed by atoms with van der Waals surface area (Å²) in [4.78, 5) is 22.6. The number of hydrogen-bond donors (Lipinski definition) is 1. The smallest absolute Gasteiger partial charge is 0.269 e. The first kappa shape index (κ1) is 23.3. The summed E-state index contributed by atoms with van der Waals surface area (Å²) in [5, 5.41) is 15.0. The lowest BCUT2D eigenvalue weighted by Crippen LogP contribution is -2.33. The molecule has 1 saturated heterocycles. The molecule has 0 spiro atoms. The van der Waals surface area contributed by atoms with E-state index in [1.54, 1.807) is 25.3 Å². The van der Waals surface area contributed by atoms with E-state index in [2.05, 4.69) is 15.1 Å². The van der Waals surface area contributed by atoms with Gasteiger partial charge in [-0.1, -0.05) is 12.1 Å². The molecule has 1 fully saturated rings. The fourth-order valence-corrected chi connectivity index (χ4v) is 4.06. The summed E-state index contributed by atoms with van der Waals surface area (Å²) in [6.07, 6.45) is 1.70. The van der Waals surface area contributed by atoms with E-state index in [1.807, 2.05) is 44.2 Å². The molecule has 0 aliphatic carbocycles. The standard InChI is InChI=1S/C25H26N4O5/c1-17-14-21(16-26-27-24(30)15-25(3)33-12-13-34-25)18(2)28(17)22-8-4-19(5-9-22)20-6-10-23(11-7-20)29(31)32/h4-11,14,16H,12-13,15H2,1-3H3,(H,27,30)/b26-16+. The summed E-state index contributed by atoms with van der Waals surface area (Å²) >= 11 is 0. The van der Waals surface area contributed by atoms with Gasteiger partial charge >= 0.3 is 0 Å². The maximum absolute atomic E-state index is 12.2. The Labute approximate surface area is 197 Å². The van der Waals surface area contributed by atoms with Crippen LogP contribution in [0, 0.1) is 24.0 Å². The van der Waals surface area contributed by atoms with E-state index in [0.29, 0.717) is 13.2 Å². The average Bonchev–Trinajstić information content (AvgIpc) is 3.36. The number of benzene rings is 2. The van der Waals surface area contributed by atoms with Gasteiger partial charge in [0.2, 0.25) is 5.91 Å². The van der Waals surface area contributed by atoms with Crippen LogP contribution in [-0.2, 0) is 14.3 Å². The molecule has 1 aromatic heterocycles. The molecular weight excluding hydrogens is 436 g/mol. The van der Waals surface area contributed by atoms with Gasteiger partial charge in [-0.2, -0.15) is 5.10 Å². The zero-order valence-electron chi connectivity index (χ0n) is 19.3. The minimum absolute atomic E-state index is 0.0683. The number of non-ortho nitro benzene ring substituents is 1. The SMILES string of the molecule is Cc1cc(/C=N/NC(=O)CC2(C)OCCO2)c(C)n1-c1ccc(-c2ccc([N+](=O)[O-])cc2)cc1. The number of aryl methyl sites for hydroxylation is 1. The van der Waals surface area contributed by atoms with Crippen LogP contribution in [0.4, 0.5) is 5.69 Å². The largest absolute Gasteiger partial charge is 0.347 e. The number of rotatable bonds is 7. The molecule has 0 saturated carbocycles. The topological polar surface area (TPSA) is 108 Å². The van der Waals surface area contributed by atoms with E-state index >= 15 is 0 Å². The number of carbonyl (C=O) groups excluding carboxylic acids is 1.